The van der Waals surface area contributed by atoms with Crippen LogP contribution in [0.15, 0.2) is 30.9 Å². The highest BCUT2D eigenvalue weighted by Gasteiger charge is 2.49. The lowest BCUT2D eigenvalue weighted by Crippen LogP contribution is -2.53. The van der Waals surface area contributed by atoms with Crippen molar-refractivity contribution in [3.8, 4) is 23.2 Å². The van der Waals surface area contributed by atoms with Gasteiger partial charge in [0.2, 0.25) is 5.91 Å². The third-order valence-corrected chi connectivity index (χ3v) is 11.0. The number of piperazine rings is 1. The summed E-state index contributed by atoms with van der Waals surface area (Å²) in [5, 5.41) is 9.17. The first kappa shape index (κ1) is 33.9. The number of ether oxygens (including phenoxy) is 1. The Morgan fingerprint density at radius 2 is 2.02 bits per heavy atom. The number of amides is 1. The first-order chi connectivity index (χ1) is 23.8. The van der Waals surface area contributed by atoms with Crippen LogP contribution >= 0.6 is 11.3 Å². The minimum Gasteiger partial charge on any atom is -0.461 e. The van der Waals surface area contributed by atoms with Crippen LogP contribution in [0.3, 0.4) is 0 Å². The lowest BCUT2D eigenvalue weighted by Gasteiger charge is -2.40. The number of benzene rings is 2. The number of anilines is 2. The SMILES string of the molecule is C=CC(=O)N1CCN(c2nc(OC[C@@]34CCCN3C[C@H](F)C4)nc3c(F)c(-c4ccc(F)c5sc(N)c(C#N)c45)c(C(F)(F)F)cc23)[C@@H](C)C1. The molecule has 4 aromatic rings. The zero-order valence-electron chi connectivity index (χ0n) is 26.8. The first-order valence-electron chi connectivity index (χ1n) is 16.0. The van der Waals surface area contributed by atoms with Crippen molar-refractivity contribution in [1.29, 1.82) is 5.26 Å². The number of carbonyl (C=O) groups is 1. The topological polar surface area (TPSA) is 112 Å². The smallest absolute Gasteiger partial charge is 0.417 e. The van der Waals surface area contributed by atoms with Crippen molar-refractivity contribution in [1.82, 2.24) is 19.8 Å². The molecule has 0 radical (unpaired) electrons. The number of carbonyl (C=O) groups excluding carboxylic acids is 1. The van der Waals surface area contributed by atoms with Crippen LogP contribution in [0.5, 0.6) is 6.01 Å². The summed E-state index contributed by atoms with van der Waals surface area (Å²) >= 11 is 0.674. The van der Waals surface area contributed by atoms with Gasteiger partial charge in [0, 0.05) is 55.0 Å². The van der Waals surface area contributed by atoms with Gasteiger partial charge in [-0.15, -0.1) is 11.3 Å². The molecule has 3 aliphatic rings. The summed E-state index contributed by atoms with van der Waals surface area (Å²) in [5.41, 5.74) is 1.83. The zero-order valence-corrected chi connectivity index (χ0v) is 27.6. The molecule has 1 amide bonds. The predicted octanol–water partition coefficient (Wildman–Crippen LogP) is 6.44. The Labute approximate surface area is 286 Å². The largest absolute Gasteiger partial charge is 0.461 e. The fraction of sp³-hybridized carbons (Fsp3) is 0.412. The maximum atomic E-state index is 17.1. The predicted molar refractivity (Wildman–Crippen MR) is 177 cm³/mol. The highest BCUT2D eigenvalue weighted by molar-refractivity contribution is 7.23. The van der Waals surface area contributed by atoms with Gasteiger partial charge in [-0.3, -0.25) is 9.69 Å². The summed E-state index contributed by atoms with van der Waals surface area (Å²) in [4.78, 5) is 26.4. The van der Waals surface area contributed by atoms with E-state index in [1.54, 1.807) is 11.8 Å². The van der Waals surface area contributed by atoms with Crippen LogP contribution in [0, 0.1) is 23.0 Å². The summed E-state index contributed by atoms with van der Waals surface area (Å²) in [6.45, 7) is 6.68. The standard InChI is InChI=1S/C34H31F6N7O2S/c1-3-24(48)45-9-10-47(17(2)14-45)31-20-11-22(34(38,39)40)26(19-5-6-23(36)29-25(19)21(13-41)30(42)50-29)27(37)28(20)43-32(44-31)49-16-33-7-4-8-46(33)15-18(35)12-33/h3,5-6,11,17-18H,1,4,7-10,12,14-16,42H2,2H3/t17-,18+,33-/m0/s1. The van der Waals surface area contributed by atoms with E-state index in [1.165, 1.54) is 11.0 Å². The van der Waals surface area contributed by atoms with Crippen LogP contribution in [-0.4, -0.2) is 82.8 Å². The van der Waals surface area contributed by atoms with E-state index in [2.05, 4.69) is 16.5 Å². The molecule has 3 aliphatic heterocycles. The van der Waals surface area contributed by atoms with Gasteiger partial charge in [0.05, 0.1) is 21.4 Å². The molecule has 262 valence electrons. The van der Waals surface area contributed by atoms with Crippen molar-refractivity contribution in [3.05, 3.63) is 53.6 Å². The second kappa shape index (κ2) is 12.3. The Hall–Kier alpha value is -4.62. The number of hydrogen-bond donors (Lipinski definition) is 1. The van der Waals surface area contributed by atoms with Gasteiger partial charge in [-0.05, 0) is 50.1 Å². The van der Waals surface area contributed by atoms with E-state index in [0.717, 1.165) is 24.6 Å². The molecule has 0 bridgehead atoms. The highest BCUT2D eigenvalue weighted by Crippen LogP contribution is 2.48. The molecule has 0 unspecified atom stereocenters. The molecule has 2 N–H and O–H groups in total. The second-order valence-corrected chi connectivity index (χ2v) is 14.0. The molecule has 2 aromatic carbocycles. The minimum atomic E-state index is -5.12. The molecule has 3 saturated heterocycles. The van der Waals surface area contributed by atoms with Gasteiger partial charge in [0.25, 0.3) is 0 Å². The Bertz CT molecular complexity index is 2100. The molecule has 3 fully saturated rings. The molecule has 50 heavy (non-hydrogen) atoms. The first-order valence-corrected chi connectivity index (χ1v) is 16.8. The van der Waals surface area contributed by atoms with Crippen LogP contribution in [0.1, 0.15) is 37.3 Å². The number of nitrogens with two attached hydrogens (primary N) is 1. The number of alkyl halides is 4. The normalized spacial score (nSPS) is 22.7. The van der Waals surface area contributed by atoms with Gasteiger partial charge >= 0.3 is 12.2 Å². The van der Waals surface area contributed by atoms with E-state index in [4.69, 9.17) is 10.5 Å². The molecule has 7 rings (SSSR count). The summed E-state index contributed by atoms with van der Waals surface area (Å²) in [7, 11) is 0. The van der Waals surface area contributed by atoms with Gasteiger partial charge in [-0.1, -0.05) is 12.6 Å². The molecule has 3 atom stereocenters. The highest BCUT2D eigenvalue weighted by atomic mass is 32.1. The summed E-state index contributed by atoms with van der Waals surface area (Å²) in [6.07, 6.45) is -3.30. The van der Waals surface area contributed by atoms with E-state index in [1.807, 2.05) is 11.0 Å². The zero-order chi connectivity index (χ0) is 35.7. The molecular formula is C34H31F6N7O2S. The maximum Gasteiger partial charge on any atom is 0.417 e. The van der Waals surface area contributed by atoms with Gasteiger partial charge in [0.1, 0.15) is 41.0 Å². The summed E-state index contributed by atoms with van der Waals surface area (Å²) < 4.78 is 97.3. The molecule has 0 saturated carbocycles. The van der Waals surface area contributed by atoms with Crippen molar-refractivity contribution in [2.75, 3.05) is 50.0 Å². The van der Waals surface area contributed by atoms with Gasteiger partial charge < -0.3 is 20.3 Å². The van der Waals surface area contributed by atoms with Gasteiger partial charge in [-0.2, -0.15) is 28.4 Å². The van der Waals surface area contributed by atoms with Crippen molar-refractivity contribution in [2.24, 2.45) is 0 Å². The van der Waals surface area contributed by atoms with Crippen molar-refractivity contribution in [2.45, 2.75) is 50.1 Å². The van der Waals surface area contributed by atoms with E-state index in [0.29, 0.717) is 24.3 Å². The fourth-order valence-electron chi connectivity index (χ4n) is 7.72. The summed E-state index contributed by atoms with van der Waals surface area (Å²) in [6, 6.07) is 3.65. The number of nitrogen functional groups attached to an aromatic ring is 1. The average Bonchev–Trinajstić information content (AvgIpc) is 3.72. The van der Waals surface area contributed by atoms with Crippen molar-refractivity contribution >= 4 is 49.1 Å². The number of thiophene rings is 1. The third kappa shape index (κ3) is 5.47. The molecule has 2 aromatic heterocycles. The number of halogens is 6. The summed E-state index contributed by atoms with van der Waals surface area (Å²) in [5.74, 6) is -2.58. The average molecular weight is 716 g/mol. The Kier molecular flexibility index (Phi) is 8.33. The van der Waals surface area contributed by atoms with Crippen molar-refractivity contribution in [3.63, 3.8) is 0 Å². The maximum absolute atomic E-state index is 17.1. The molecule has 9 nitrogen and oxygen atoms in total. The van der Waals surface area contributed by atoms with Crippen LogP contribution in [0.4, 0.5) is 37.2 Å². The molecule has 0 aliphatic carbocycles. The number of aromatic nitrogens is 2. The fourth-order valence-corrected chi connectivity index (χ4v) is 8.67. The molecule has 5 heterocycles. The van der Waals surface area contributed by atoms with Crippen LogP contribution in [0.25, 0.3) is 32.1 Å². The molecule has 16 heteroatoms. The van der Waals surface area contributed by atoms with E-state index >= 15 is 4.39 Å². The Morgan fingerprint density at radius 1 is 1.24 bits per heavy atom. The number of nitriles is 1. The van der Waals surface area contributed by atoms with Crippen molar-refractivity contribution < 1.29 is 35.9 Å². The Morgan fingerprint density at radius 3 is 2.72 bits per heavy atom. The monoisotopic (exact) mass is 715 g/mol. The van der Waals surface area contributed by atoms with Crippen LogP contribution in [0.2, 0.25) is 0 Å². The third-order valence-electron chi connectivity index (χ3n) is 10.0. The number of rotatable bonds is 6. The van der Waals surface area contributed by atoms with Crippen LogP contribution in [-0.2, 0) is 11.0 Å². The van der Waals surface area contributed by atoms with E-state index in [-0.39, 0.29) is 88.5 Å². The van der Waals surface area contributed by atoms with Gasteiger partial charge in [0.15, 0.2) is 5.82 Å². The lowest BCUT2D eigenvalue weighted by atomic mass is 9.92. The molecule has 0 spiro atoms. The number of nitrogens with zero attached hydrogens (tertiary/aromatic N) is 6. The van der Waals surface area contributed by atoms with E-state index < -0.39 is 52.2 Å². The Balaban J connectivity index is 1.45. The quantitative estimate of drug-likeness (QED) is 0.180. The van der Waals surface area contributed by atoms with Crippen LogP contribution < -0.4 is 15.4 Å². The van der Waals surface area contributed by atoms with E-state index in [9.17, 15) is 32.0 Å². The minimum absolute atomic E-state index is 0.0249. The number of fused-ring (bicyclic) bond motifs is 3. The lowest BCUT2D eigenvalue weighted by molar-refractivity contribution is -0.137. The molecular weight excluding hydrogens is 684 g/mol. The van der Waals surface area contributed by atoms with Gasteiger partial charge in [-0.25, -0.2) is 13.2 Å². The number of hydrogen-bond acceptors (Lipinski definition) is 9. The second-order valence-electron chi connectivity index (χ2n) is 13.0.